The Hall–Kier alpha value is -1.04. The number of ether oxygens (including phenoxy) is 2. The summed E-state index contributed by atoms with van der Waals surface area (Å²) in [4.78, 5) is 19.2. The summed E-state index contributed by atoms with van der Waals surface area (Å²) in [6.45, 7) is 6.38. The maximum Gasteiger partial charge on any atom is 0.255 e. The molecule has 0 fully saturated rings. The highest BCUT2D eigenvalue weighted by atomic mass is 35.5. The van der Waals surface area contributed by atoms with Gasteiger partial charge in [0.2, 0.25) is 6.29 Å². The summed E-state index contributed by atoms with van der Waals surface area (Å²) in [7, 11) is 0. The van der Waals surface area contributed by atoms with Crippen LogP contribution >= 0.6 is 11.6 Å². The van der Waals surface area contributed by atoms with E-state index in [1.807, 2.05) is 13.8 Å². The molecule has 0 amide bonds. The first-order valence-electron chi connectivity index (χ1n) is 5.36. The first kappa shape index (κ1) is 14.0. The van der Waals surface area contributed by atoms with Crippen LogP contribution in [0.25, 0.3) is 0 Å². The van der Waals surface area contributed by atoms with Crippen LogP contribution < -0.4 is 0 Å². The van der Waals surface area contributed by atoms with E-state index in [4.69, 9.17) is 21.1 Å². The van der Waals surface area contributed by atoms with Gasteiger partial charge in [0.25, 0.3) is 5.24 Å². The predicted octanol–water partition coefficient (Wildman–Crippen LogP) is 2.24. The highest BCUT2D eigenvalue weighted by molar-refractivity contribution is 6.67. The van der Waals surface area contributed by atoms with Crippen molar-refractivity contribution in [1.82, 2.24) is 9.97 Å². The lowest BCUT2D eigenvalue weighted by molar-refractivity contribution is -0.145. The number of rotatable bonds is 6. The topological polar surface area (TPSA) is 61.3 Å². The molecule has 0 N–H and O–H groups in total. The number of hydrogen-bond acceptors (Lipinski definition) is 5. The minimum atomic E-state index is -0.608. The quantitative estimate of drug-likeness (QED) is 0.578. The largest absolute Gasteiger partial charge is 0.346 e. The van der Waals surface area contributed by atoms with Gasteiger partial charge in [-0.15, -0.1) is 0 Å². The van der Waals surface area contributed by atoms with E-state index in [9.17, 15) is 4.79 Å². The van der Waals surface area contributed by atoms with Crippen molar-refractivity contribution in [3.8, 4) is 0 Å². The number of carbonyl (C=O) groups is 1. The molecule has 94 valence electrons. The van der Waals surface area contributed by atoms with Crippen molar-refractivity contribution in [1.29, 1.82) is 0 Å². The predicted molar refractivity (Wildman–Crippen MR) is 62.9 cm³/mol. The molecule has 0 unspecified atom stereocenters. The van der Waals surface area contributed by atoms with Crippen molar-refractivity contribution in [2.24, 2.45) is 0 Å². The second-order valence-electron chi connectivity index (χ2n) is 3.24. The second-order valence-corrected chi connectivity index (χ2v) is 3.59. The zero-order valence-electron chi connectivity index (χ0n) is 10.1. The molecule has 5 nitrogen and oxygen atoms in total. The van der Waals surface area contributed by atoms with Gasteiger partial charge in [-0.3, -0.25) is 4.79 Å². The van der Waals surface area contributed by atoms with E-state index in [-0.39, 0.29) is 0 Å². The fourth-order valence-electron chi connectivity index (χ4n) is 1.29. The van der Waals surface area contributed by atoms with Crippen LogP contribution in [0.5, 0.6) is 0 Å². The standard InChI is InChI=1S/C11H15ClN2O3/c1-4-16-11(17-5-2)10-13-6-8(9(12)15)7(3)14-10/h6,11H,4-5H2,1-3H3. The van der Waals surface area contributed by atoms with Gasteiger partial charge in [0, 0.05) is 19.4 Å². The van der Waals surface area contributed by atoms with Crippen LogP contribution in [0, 0.1) is 6.92 Å². The second kappa shape index (κ2) is 6.64. The number of hydrogen-bond donors (Lipinski definition) is 0. The fourth-order valence-corrected chi connectivity index (χ4v) is 1.48. The Kier molecular flexibility index (Phi) is 5.47. The SMILES string of the molecule is CCOC(OCC)c1ncc(C(=O)Cl)c(C)n1. The molecule has 0 bridgehead atoms. The first-order valence-corrected chi connectivity index (χ1v) is 5.74. The molecule has 6 heteroatoms. The van der Waals surface area contributed by atoms with E-state index in [0.717, 1.165) is 0 Å². The average molecular weight is 259 g/mol. The van der Waals surface area contributed by atoms with Gasteiger partial charge < -0.3 is 9.47 Å². The lowest BCUT2D eigenvalue weighted by atomic mass is 10.2. The Morgan fingerprint density at radius 2 is 2.00 bits per heavy atom. The number of carbonyl (C=O) groups excluding carboxylic acids is 1. The Labute approximate surface area is 105 Å². The third-order valence-electron chi connectivity index (χ3n) is 2.06. The summed E-state index contributed by atoms with van der Waals surface area (Å²) in [5.74, 6) is 0.396. The number of nitrogens with zero attached hydrogens (tertiary/aromatic N) is 2. The van der Waals surface area contributed by atoms with E-state index < -0.39 is 11.5 Å². The van der Waals surface area contributed by atoms with E-state index in [2.05, 4.69) is 9.97 Å². The number of halogens is 1. The molecule has 0 aliphatic rings. The third-order valence-corrected chi connectivity index (χ3v) is 2.26. The van der Waals surface area contributed by atoms with Crippen molar-refractivity contribution >= 4 is 16.8 Å². The molecule has 1 heterocycles. The van der Waals surface area contributed by atoms with Gasteiger partial charge >= 0.3 is 0 Å². The maximum absolute atomic E-state index is 11.0. The van der Waals surface area contributed by atoms with Crippen LogP contribution in [0.15, 0.2) is 6.20 Å². The fraction of sp³-hybridized carbons (Fsp3) is 0.545. The number of aryl methyl sites for hydroxylation is 1. The molecule has 0 aromatic carbocycles. The Balaban J connectivity index is 2.97. The van der Waals surface area contributed by atoms with Gasteiger partial charge in [0.15, 0.2) is 5.82 Å². The molecule has 17 heavy (non-hydrogen) atoms. The molecule has 0 radical (unpaired) electrons. The van der Waals surface area contributed by atoms with Gasteiger partial charge in [-0.1, -0.05) is 0 Å². The molecule has 0 saturated carbocycles. The van der Waals surface area contributed by atoms with Crippen molar-refractivity contribution in [3.63, 3.8) is 0 Å². The van der Waals surface area contributed by atoms with Crippen molar-refractivity contribution in [3.05, 3.63) is 23.3 Å². The van der Waals surface area contributed by atoms with Crippen LogP contribution in [0.4, 0.5) is 0 Å². The molecule has 1 rings (SSSR count). The summed E-state index contributed by atoms with van der Waals surface area (Å²) in [5.41, 5.74) is 0.807. The highest BCUT2D eigenvalue weighted by Crippen LogP contribution is 2.16. The summed E-state index contributed by atoms with van der Waals surface area (Å²) < 4.78 is 10.7. The molecular weight excluding hydrogens is 244 g/mol. The molecule has 1 aromatic heterocycles. The zero-order valence-corrected chi connectivity index (χ0v) is 10.8. The van der Waals surface area contributed by atoms with Crippen molar-refractivity contribution in [2.45, 2.75) is 27.1 Å². The van der Waals surface area contributed by atoms with E-state index in [1.54, 1.807) is 6.92 Å². The van der Waals surface area contributed by atoms with Crippen LogP contribution in [-0.4, -0.2) is 28.4 Å². The van der Waals surface area contributed by atoms with Crippen LogP contribution in [0.3, 0.4) is 0 Å². The molecule has 1 aromatic rings. The molecular formula is C11H15ClN2O3. The Morgan fingerprint density at radius 1 is 1.41 bits per heavy atom. The molecule has 0 aliphatic heterocycles. The van der Waals surface area contributed by atoms with Gasteiger partial charge in [0.1, 0.15) is 0 Å². The average Bonchev–Trinajstić information content (AvgIpc) is 2.28. The summed E-state index contributed by atoms with van der Waals surface area (Å²) in [6, 6.07) is 0. The minimum absolute atomic E-state index is 0.294. The first-order chi connectivity index (χ1) is 8.10. The summed E-state index contributed by atoms with van der Waals surface area (Å²) >= 11 is 5.38. The Morgan fingerprint density at radius 3 is 2.41 bits per heavy atom. The lowest BCUT2D eigenvalue weighted by Gasteiger charge is -2.15. The van der Waals surface area contributed by atoms with Crippen molar-refractivity contribution < 1.29 is 14.3 Å². The van der Waals surface area contributed by atoms with Gasteiger partial charge in [-0.2, -0.15) is 0 Å². The lowest BCUT2D eigenvalue weighted by Crippen LogP contribution is -2.14. The smallest absolute Gasteiger partial charge is 0.255 e. The Bertz CT molecular complexity index is 392. The normalized spacial score (nSPS) is 10.9. The molecule has 0 saturated heterocycles. The van der Waals surface area contributed by atoms with Crippen LogP contribution in [-0.2, 0) is 9.47 Å². The molecule has 0 atom stereocenters. The maximum atomic E-state index is 11.0. The summed E-state index contributed by atoms with van der Waals surface area (Å²) in [6.07, 6.45) is 0.779. The zero-order chi connectivity index (χ0) is 12.8. The van der Waals surface area contributed by atoms with Crippen molar-refractivity contribution in [2.75, 3.05) is 13.2 Å². The third kappa shape index (κ3) is 3.73. The van der Waals surface area contributed by atoms with Gasteiger partial charge in [-0.05, 0) is 32.4 Å². The van der Waals surface area contributed by atoms with Gasteiger partial charge in [0.05, 0.1) is 11.3 Å². The highest BCUT2D eigenvalue weighted by Gasteiger charge is 2.17. The molecule has 0 aliphatic carbocycles. The minimum Gasteiger partial charge on any atom is -0.346 e. The summed E-state index contributed by atoms with van der Waals surface area (Å²) in [5, 5.41) is -0.571. The van der Waals surface area contributed by atoms with E-state index in [0.29, 0.717) is 30.3 Å². The van der Waals surface area contributed by atoms with Crippen LogP contribution in [0.1, 0.15) is 42.0 Å². The molecule has 0 spiro atoms. The monoisotopic (exact) mass is 258 g/mol. The number of aromatic nitrogens is 2. The van der Waals surface area contributed by atoms with Gasteiger partial charge in [-0.25, -0.2) is 9.97 Å². The van der Waals surface area contributed by atoms with E-state index >= 15 is 0 Å². The van der Waals surface area contributed by atoms with E-state index in [1.165, 1.54) is 6.20 Å². The van der Waals surface area contributed by atoms with Crippen LogP contribution in [0.2, 0.25) is 0 Å².